The van der Waals surface area contributed by atoms with E-state index in [1.165, 1.54) is 16.8 Å². The average molecular weight is 345 g/mol. The third-order valence-corrected chi connectivity index (χ3v) is 4.20. The van der Waals surface area contributed by atoms with Gasteiger partial charge in [0.05, 0.1) is 11.9 Å². The number of pyridine rings is 1. The molecule has 0 saturated carbocycles. The van der Waals surface area contributed by atoms with E-state index in [0.717, 1.165) is 31.7 Å². The van der Waals surface area contributed by atoms with Crippen LogP contribution in [0.15, 0.2) is 54.9 Å². The van der Waals surface area contributed by atoms with E-state index in [-0.39, 0.29) is 12.4 Å². The van der Waals surface area contributed by atoms with Crippen LogP contribution in [0.25, 0.3) is 5.65 Å². The number of aryl methyl sites for hydroxylation is 1. The summed E-state index contributed by atoms with van der Waals surface area (Å²) in [5.41, 5.74) is 10.6. The van der Waals surface area contributed by atoms with Crippen molar-refractivity contribution in [2.24, 2.45) is 5.73 Å². The number of nitrogens with two attached hydrogens (primary N) is 1. The first kappa shape index (κ1) is 18.5. The molecule has 0 saturated heterocycles. The van der Waals surface area contributed by atoms with Gasteiger partial charge in [0, 0.05) is 32.4 Å². The monoisotopic (exact) mass is 344 g/mol. The van der Waals surface area contributed by atoms with E-state index in [1.807, 2.05) is 6.20 Å². The molecule has 2 aromatic heterocycles. The van der Waals surface area contributed by atoms with Crippen molar-refractivity contribution < 1.29 is 0 Å². The first-order valence-electron chi connectivity index (χ1n) is 8.16. The zero-order valence-corrected chi connectivity index (χ0v) is 14.9. The van der Waals surface area contributed by atoms with Crippen LogP contribution >= 0.6 is 12.4 Å². The van der Waals surface area contributed by atoms with E-state index in [2.05, 4.69) is 69.9 Å². The Hall–Kier alpha value is -1.88. The Bertz CT molecular complexity index is 754. The molecular formula is C19H25ClN4. The largest absolute Gasteiger partial charge is 0.329 e. The first-order chi connectivity index (χ1) is 11.3. The molecule has 0 radical (unpaired) electrons. The Morgan fingerprint density at radius 3 is 2.62 bits per heavy atom. The number of imidazole rings is 1. The van der Waals surface area contributed by atoms with Gasteiger partial charge in [0.1, 0.15) is 5.65 Å². The molecule has 4 nitrogen and oxygen atoms in total. The Morgan fingerprint density at radius 2 is 1.88 bits per heavy atom. The summed E-state index contributed by atoms with van der Waals surface area (Å²) in [5.74, 6) is 0. The van der Waals surface area contributed by atoms with Gasteiger partial charge >= 0.3 is 0 Å². The Labute approximate surface area is 149 Å². The van der Waals surface area contributed by atoms with Gasteiger partial charge in [-0.3, -0.25) is 4.90 Å². The quantitative estimate of drug-likeness (QED) is 0.716. The molecule has 0 aliphatic carbocycles. The summed E-state index contributed by atoms with van der Waals surface area (Å²) in [5, 5.41) is 0. The Kier molecular flexibility index (Phi) is 6.79. The predicted octanol–water partition coefficient (Wildman–Crippen LogP) is 3.07. The van der Waals surface area contributed by atoms with Gasteiger partial charge < -0.3 is 10.1 Å². The van der Waals surface area contributed by atoms with Gasteiger partial charge in [-0.05, 0) is 30.5 Å². The molecule has 1 aromatic carbocycles. The number of aromatic nitrogens is 2. The summed E-state index contributed by atoms with van der Waals surface area (Å²) in [4.78, 5) is 6.96. The maximum Gasteiger partial charge on any atom is 0.139 e. The highest BCUT2D eigenvalue weighted by atomic mass is 35.5. The van der Waals surface area contributed by atoms with Crippen molar-refractivity contribution in [1.29, 1.82) is 0 Å². The molecule has 0 spiro atoms. The van der Waals surface area contributed by atoms with E-state index in [9.17, 15) is 0 Å². The Balaban J connectivity index is 0.00000208. The number of nitrogens with zero attached hydrogens (tertiary/aromatic N) is 3. The normalized spacial score (nSPS) is 11.0. The zero-order chi connectivity index (χ0) is 16.1. The van der Waals surface area contributed by atoms with Crippen LogP contribution < -0.4 is 5.73 Å². The fraction of sp³-hybridized carbons (Fsp3) is 0.316. The highest BCUT2D eigenvalue weighted by Gasteiger charge is 2.10. The van der Waals surface area contributed by atoms with E-state index in [0.29, 0.717) is 6.54 Å². The van der Waals surface area contributed by atoms with Crippen LogP contribution in [0.1, 0.15) is 16.8 Å². The lowest BCUT2D eigenvalue weighted by atomic mass is 10.1. The van der Waals surface area contributed by atoms with Crippen molar-refractivity contribution in [3.05, 3.63) is 71.7 Å². The second-order valence-corrected chi connectivity index (χ2v) is 5.93. The van der Waals surface area contributed by atoms with Crippen LogP contribution in [0.4, 0.5) is 0 Å². The number of rotatable bonds is 7. The molecule has 2 N–H and O–H groups in total. The number of fused-ring (bicyclic) bond motifs is 1. The molecule has 24 heavy (non-hydrogen) atoms. The summed E-state index contributed by atoms with van der Waals surface area (Å²) in [6.07, 6.45) is 5.10. The van der Waals surface area contributed by atoms with Crippen molar-refractivity contribution in [3.8, 4) is 0 Å². The Morgan fingerprint density at radius 1 is 1.08 bits per heavy atom. The van der Waals surface area contributed by atoms with Crippen molar-refractivity contribution >= 4 is 18.1 Å². The minimum atomic E-state index is 0. The average Bonchev–Trinajstić information content (AvgIpc) is 2.98. The fourth-order valence-electron chi connectivity index (χ4n) is 2.93. The third kappa shape index (κ3) is 4.35. The third-order valence-electron chi connectivity index (χ3n) is 4.20. The molecule has 0 aliphatic heterocycles. The first-order valence-corrected chi connectivity index (χ1v) is 8.16. The summed E-state index contributed by atoms with van der Waals surface area (Å²) < 4.78 is 2.18. The molecule has 0 amide bonds. The van der Waals surface area contributed by atoms with E-state index < -0.39 is 0 Å². The highest BCUT2D eigenvalue weighted by molar-refractivity contribution is 5.85. The van der Waals surface area contributed by atoms with Crippen molar-refractivity contribution in [3.63, 3.8) is 0 Å². The van der Waals surface area contributed by atoms with Crippen LogP contribution in [0.5, 0.6) is 0 Å². The van der Waals surface area contributed by atoms with Gasteiger partial charge in [-0.15, -0.1) is 12.4 Å². The smallest absolute Gasteiger partial charge is 0.139 e. The summed E-state index contributed by atoms with van der Waals surface area (Å²) in [7, 11) is 0. The summed E-state index contributed by atoms with van der Waals surface area (Å²) in [6, 6.07) is 14.8. The molecule has 0 fully saturated rings. The summed E-state index contributed by atoms with van der Waals surface area (Å²) in [6.45, 7) is 5.53. The van der Waals surface area contributed by atoms with Gasteiger partial charge in [0.15, 0.2) is 0 Å². The maximum atomic E-state index is 5.80. The lowest BCUT2D eigenvalue weighted by molar-refractivity contribution is 0.272. The molecule has 0 aliphatic rings. The van der Waals surface area contributed by atoms with Gasteiger partial charge in [0.2, 0.25) is 0 Å². The van der Waals surface area contributed by atoms with Gasteiger partial charge in [-0.1, -0.05) is 36.4 Å². The van der Waals surface area contributed by atoms with E-state index in [1.54, 1.807) is 0 Å². The minimum Gasteiger partial charge on any atom is -0.329 e. The van der Waals surface area contributed by atoms with Gasteiger partial charge in [-0.25, -0.2) is 4.98 Å². The molecule has 0 atom stereocenters. The standard InChI is InChI=1S/C19H24N4.ClH/c1-16-6-5-11-23-18(14-21-19(16)23)15-22(13-10-20)12-9-17-7-3-2-4-8-17;/h2-8,11,14H,9-10,12-13,15,20H2,1H3;1H. The minimum absolute atomic E-state index is 0. The number of hydrogen-bond acceptors (Lipinski definition) is 3. The van der Waals surface area contributed by atoms with Gasteiger partial charge in [-0.2, -0.15) is 0 Å². The molecule has 3 aromatic rings. The van der Waals surface area contributed by atoms with Crippen molar-refractivity contribution in [1.82, 2.24) is 14.3 Å². The van der Waals surface area contributed by atoms with Crippen molar-refractivity contribution in [2.45, 2.75) is 19.9 Å². The van der Waals surface area contributed by atoms with Crippen LogP contribution in [0.3, 0.4) is 0 Å². The SMILES string of the molecule is Cc1cccn2c(CN(CCN)CCc3ccccc3)cnc12.Cl. The second kappa shape index (κ2) is 8.83. The van der Waals surface area contributed by atoms with Crippen LogP contribution in [-0.2, 0) is 13.0 Å². The zero-order valence-electron chi connectivity index (χ0n) is 14.1. The molecule has 3 rings (SSSR count). The molecule has 128 valence electrons. The van der Waals surface area contributed by atoms with Crippen molar-refractivity contribution in [2.75, 3.05) is 19.6 Å². The summed E-state index contributed by atoms with van der Waals surface area (Å²) >= 11 is 0. The van der Waals surface area contributed by atoms with E-state index >= 15 is 0 Å². The molecule has 2 heterocycles. The number of halogens is 1. The van der Waals surface area contributed by atoms with Crippen LogP contribution in [-0.4, -0.2) is 33.9 Å². The lowest BCUT2D eigenvalue weighted by Gasteiger charge is -2.21. The molecular weight excluding hydrogens is 320 g/mol. The second-order valence-electron chi connectivity index (χ2n) is 5.93. The number of hydrogen-bond donors (Lipinski definition) is 1. The molecule has 5 heteroatoms. The molecule has 0 unspecified atom stereocenters. The molecule has 0 bridgehead atoms. The topological polar surface area (TPSA) is 46.6 Å². The van der Waals surface area contributed by atoms with E-state index in [4.69, 9.17) is 5.73 Å². The fourth-order valence-corrected chi connectivity index (χ4v) is 2.93. The predicted molar refractivity (Wildman–Crippen MR) is 102 cm³/mol. The van der Waals surface area contributed by atoms with Crippen LogP contribution in [0, 0.1) is 6.92 Å². The van der Waals surface area contributed by atoms with Crippen LogP contribution in [0.2, 0.25) is 0 Å². The lowest BCUT2D eigenvalue weighted by Crippen LogP contribution is -2.31. The number of benzene rings is 1. The maximum absolute atomic E-state index is 5.80. The highest BCUT2D eigenvalue weighted by Crippen LogP contribution is 2.13. The van der Waals surface area contributed by atoms with Gasteiger partial charge in [0.25, 0.3) is 0 Å².